The van der Waals surface area contributed by atoms with Crippen molar-refractivity contribution in [2.45, 2.75) is 38.6 Å². The fourth-order valence-electron chi connectivity index (χ4n) is 3.06. The highest BCUT2D eigenvalue weighted by Crippen LogP contribution is 2.28. The number of hydrogen-bond acceptors (Lipinski definition) is 4. The second-order valence-corrected chi connectivity index (χ2v) is 6.13. The number of aromatic nitrogens is 3. The first-order valence-corrected chi connectivity index (χ1v) is 8.30. The maximum absolute atomic E-state index is 12.9. The summed E-state index contributed by atoms with van der Waals surface area (Å²) in [5.74, 6) is 1.23. The van der Waals surface area contributed by atoms with Gasteiger partial charge in [-0.15, -0.1) is 0 Å². The van der Waals surface area contributed by atoms with E-state index in [0.717, 1.165) is 37.5 Å². The number of likely N-dealkylation sites (tertiary alicyclic amines) is 1. The van der Waals surface area contributed by atoms with Crippen molar-refractivity contribution in [3.63, 3.8) is 0 Å². The molecule has 24 heavy (non-hydrogen) atoms. The van der Waals surface area contributed by atoms with E-state index in [1.807, 2.05) is 6.92 Å². The number of nitrogens with one attached hydrogen (secondary N) is 2. The van der Waals surface area contributed by atoms with Crippen LogP contribution >= 0.6 is 0 Å². The minimum absolute atomic E-state index is 0.0721. The molecule has 3 rings (SSSR count). The molecule has 2 N–H and O–H groups in total. The number of amides is 1. The van der Waals surface area contributed by atoms with Crippen molar-refractivity contribution in [2.24, 2.45) is 0 Å². The topological polar surface area (TPSA) is 73.9 Å². The Balaban J connectivity index is 1.55. The molecule has 6 nitrogen and oxygen atoms in total. The maximum atomic E-state index is 12.9. The van der Waals surface area contributed by atoms with E-state index >= 15 is 0 Å². The molecule has 1 atom stereocenters. The van der Waals surface area contributed by atoms with E-state index in [1.54, 1.807) is 12.1 Å². The molecule has 128 valence electrons. The Morgan fingerprint density at radius 1 is 1.38 bits per heavy atom. The van der Waals surface area contributed by atoms with Crippen LogP contribution in [0.3, 0.4) is 0 Å². The molecule has 0 radical (unpaired) electrons. The molecule has 1 saturated heterocycles. The number of aryl methyl sites for hydroxylation is 1. The van der Waals surface area contributed by atoms with E-state index in [0.29, 0.717) is 18.7 Å². The van der Waals surface area contributed by atoms with Gasteiger partial charge in [-0.1, -0.05) is 6.42 Å². The van der Waals surface area contributed by atoms with Crippen LogP contribution in [0.1, 0.15) is 43.4 Å². The summed E-state index contributed by atoms with van der Waals surface area (Å²) in [7, 11) is 0. The molecule has 1 aliphatic heterocycles. The Morgan fingerprint density at radius 2 is 2.17 bits per heavy atom. The van der Waals surface area contributed by atoms with Gasteiger partial charge in [0.2, 0.25) is 5.91 Å². The molecule has 2 heterocycles. The zero-order valence-electron chi connectivity index (χ0n) is 13.8. The van der Waals surface area contributed by atoms with E-state index in [-0.39, 0.29) is 17.8 Å². The summed E-state index contributed by atoms with van der Waals surface area (Å²) in [6.07, 6.45) is 3.67. The SMILES string of the molecule is Cc1nc([C@@H]2CCCCN2CCC(=O)Nc2ccc(F)cc2)n[nH]1. The molecule has 1 aromatic heterocycles. The minimum atomic E-state index is -0.314. The quantitative estimate of drug-likeness (QED) is 0.883. The molecule has 1 fully saturated rings. The van der Waals surface area contributed by atoms with E-state index in [9.17, 15) is 9.18 Å². The number of carbonyl (C=O) groups excluding carboxylic acids is 1. The predicted octanol–water partition coefficient (Wildman–Crippen LogP) is 2.81. The normalized spacial score (nSPS) is 18.5. The molecule has 2 aromatic rings. The summed E-state index contributed by atoms with van der Waals surface area (Å²) in [5.41, 5.74) is 0.612. The first-order valence-electron chi connectivity index (χ1n) is 8.30. The van der Waals surface area contributed by atoms with Gasteiger partial charge in [-0.25, -0.2) is 9.37 Å². The first kappa shape index (κ1) is 16.6. The van der Waals surface area contributed by atoms with Crippen LogP contribution in [0.25, 0.3) is 0 Å². The highest BCUT2D eigenvalue weighted by atomic mass is 19.1. The standard InChI is InChI=1S/C17H22FN5O/c1-12-19-17(22-21-12)15-4-2-3-10-23(15)11-9-16(24)20-14-7-5-13(18)6-8-14/h5-8,15H,2-4,9-11H2,1H3,(H,20,24)(H,19,21,22)/t15-/m0/s1. The summed E-state index contributed by atoms with van der Waals surface area (Å²) in [5, 5.41) is 9.97. The monoisotopic (exact) mass is 331 g/mol. The van der Waals surface area contributed by atoms with Crippen molar-refractivity contribution in [2.75, 3.05) is 18.4 Å². The van der Waals surface area contributed by atoms with Crippen molar-refractivity contribution in [3.8, 4) is 0 Å². The van der Waals surface area contributed by atoms with Gasteiger partial charge in [-0.05, 0) is 50.6 Å². The van der Waals surface area contributed by atoms with Gasteiger partial charge in [0.05, 0.1) is 6.04 Å². The van der Waals surface area contributed by atoms with E-state index in [1.165, 1.54) is 12.1 Å². The van der Waals surface area contributed by atoms with E-state index in [4.69, 9.17) is 0 Å². The number of H-pyrrole nitrogens is 1. The number of nitrogens with zero attached hydrogens (tertiary/aromatic N) is 3. The number of carbonyl (C=O) groups is 1. The number of piperidine rings is 1. The Bertz CT molecular complexity index is 685. The Morgan fingerprint density at radius 3 is 2.88 bits per heavy atom. The molecule has 1 aliphatic rings. The van der Waals surface area contributed by atoms with Crippen LogP contribution in [0, 0.1) is 12.7 Å². The summed E-state index contributed by atoms with van der Waals surface area (Å²) < 4.78 is 12.9. The molecule has 0 spiro atoms. The molecule has 0 bridgehead atoms. The molecule has 7 heteroatoms. The molecule has 0 aliphatic carbocycles. The van der Waals surface area contributed by atoms with Gasteiger partial charge in [0.15, 0.2) is 5.82 Å². The average Bonchev–Trinajstić information content (AvgIpc) is 3.02. The largest absolute Gasteiger partial charge is 0.326 e. The zero-order valence-corrected chi connectivity index (χ0v) is 13.8. The fraction of sp³-hybridized carbons (Fsp3) is 0.471. The third-order valence-corrected chi connectivity index (χ3v) is 4.28. The van der Waals surface area contributed by atoms with Crippen LogP contribution < -0.4 is 5.32 Å². The number of halogens is 1. The van der Waals surface area contributed by atoms with Crippen LogP contribution in [0.15, 0.2) is 24.3 Å². The lowest BCUT2D eigenvalue weighted by Gasteiger charge is -2.33. The molecular formula is C17H22FN5O. The van der Waals surface area contributed by atoms with Crippen molar-refractivity contribution >= 4 is 11.6 Å². The van der Waals surface area contributed by atoms with Crippen molar-refractivity contribution in [3.05, 3.63) is 41.7 Å². The lowest BCUT2D eigenvalue weighted by atomic mass is 10.0. The second kappa shape index (κ2) is 7.53. The van der Waals surface area contributed by atoms with Gasteiger partial charge < -0.3 is 5.32 Å². The van der Waals surface area contributed by atoms with Gasteiger partial charge in [0.25, 0.3) is 0 Å². The van der Waals surface area contributed by atoms with Gasteiger partial charge >= 0.3 is 0 Å². The van der Waals surface area contributed by atoms with Gasteiger partial charge in [-0.3, -0.25) is 14.8 Å². The van der Waals surface area contributed by atoms with Crippen molar-refractivity contribution in [1.29, 1.82) is 0 Å². The lowest BCUT2D eigenvalue weighted by Crippen LogP contribution is -2.36. The summed E-state index contributed by atoms with van der Waals surface area (Å²) in [6.45, 7) is 3.49. The van der Waals surface area contributed by atoms with E-state index < -0.39 is 0 Å². The number of rotatable bonds is 5. The third kappa shape index (κ3) is 4.17. The van der Waals surface area contributed by atoms with Gasteiger partial charge in [-0.2, -0.15) is 5.10 Å². The maximum Gasteiger partial charge on any atom is 0.225 e. The van der Waals surface area contributed by atoms with Crippen molar-refractivity contribution < 1.29 is 9.18 Å². The Labute approximate surface area is 140 Å². The smallest absolute Gasteiger partial charge is 0.225 e. The molecular weight excluding hydrogens is 309 g/mol. The average molecular weight is 331 g/mol. The summed E-state index contributed by atoms with van der Waals surface area (Å²) in [6, 6.07) is 5.96. The number of aromatic amines is 1. The molecule has 0 unspecified atom stereocenters. The number of anilines is 1. The third-order valence-electron chi connectivity index (χ3n) is 4.28. The molecule has 1 aromatic carbocycles. The van der Waals surface area contributed by atoms with Gasteiger partial charge in [0.1, 0.15) is 11.6 Å². The molecule has 1 amide bonds. The van der Waals surface area contributed by atoms with Crippen molar-refractivity contribution in [1.82, 2.24) is 20.1 Å². The van der Waals surface area contributed by atoms with Crippen LogP contribution in [-0.2, 0) is 4.79 Å². The Kier molecular flexibility index (Phi) is 5.20. The summed E-state index contributed by atoms with van der Waals surface area (Å²) >= 11 is 0. The molecule has 0 saturated carbocycles. The first-order chi connectivity index (χ1) is 11.6. The van der Waals surface area contributed by atoms with Crippen LogP contribution in [-0.4, -0.2) is 39.1 Å². The number of hydrogen-bond donors (Lipinski definition) is 2. The Hall–Kier alpha value is -2.28. The van der Waals surface area contributed by atoms with Gasteiger partial charge in [0, 0.05) is 18.7 Å². The second-order valence-electron chi connectivity index (χ2n) is 6.13. The minimum Gasteiger partial charge on any atom is -0.326 e. The van der Waals surface area contributed by atoms with Crippen LogP contribution in [0.2, 0.25) is 0 Å². The highest BCUT2D eigenvalue weighted by Gasteiger charge is 2.27. The lowest BCUT2D eigenvalue weighted by molar-refractivity contribution is -0.116. The van der Waals surface area contributed by atoms with E-state index in [2.05, 4.69) is 25.4 Å². The van der Waals surface area contributed by atoms with Crippen LogP contribution in [0.5, 0.6) is 0 Å². The number of benzene rings is 1. The zero-order chi connectivity index (χ0) is 16.9. The predicted molar refractivity (Wildman–Crippen MR) is 88.9 cm³/mol. The highest BCUT2D eigenvalue weighted by molar-refractivity contribution is 5.90. The van der Waals surface area contributed by atoms with Crippen LogP contribution in [0.4, 0.5) is 10.1 Å². The summed E-state index contributed by atoms with van der Waals surface area (Å²) in [4.78, 5) is 18.8. The fourth-order valence-corrected chi connectivity index (χ4v) is 3.06.